The van der Waals surface area contributed by atoms with Gasteiger partial charge in [0.1, 0.15) is 5.57 Å². The first-order valence-corrected chi connectivity index (χ1v) is 11.5. The molecule has 160 valence electrons. The third-order valence-corrected chi connectivity index (χ3v) is 6.75. The van der Waals surface area contributed by atoms with Crippen molar-refractivity contribution in [3.63, 3.8) is 0 Å². The van der Waals surface area contributed by atoms with Gasteiger partial charge >= 0.3 is 6.03 Å². The van der Waals surface area contributed by atoms with E-state index in [1.54, 1.807) is 24.3 Å². The molecule has 4 amide bonds. The predicted molar refractivity (Wildman–Crippen MR) is 132 cm³/mol. The van der Waals surface area contributed by atoms with Gasteiger partial charge in [0.25, 0.3) is 11.8 Å². The SMILES string of the molecule is O=C1NC(=O)N(c2ccccc2Cl)C(=O)/C1=C/c1ccc(Cc2ccccc2Br)c(Br)c1. The normalized spacial score (nSPS) is 15.3. The van der Waals surface area contributed by atoms with Crippen LogP contribution in [0.4, 0.5) is 10.5 Å². The van der Waals surface area contributed by atoms with Crippen molar-refractivity contribution in [3.8, 4) is 0 Å². The lowest BCUT2D eigenvalue weighted by atomic mass is 10.0. The monoisotopic (exact) mass is 572 g/mol. The molecule has 1 N–H and O–H groups in total. The molecule has 0 radical (unpaired) electrons. The lowest BCUT2D eigenvalue weighted by Gasteiger charge is -2.27. The summed E-state index contributed by atoms with van der Waals surface area (Å²) in [4.78, 5) is 38.7. The molecule has 1 saturated heterocycles. The van der Waals surface area contributed by atoms with Crippen LogP contribution >= 0.6 is 43.5 Å². The number of nitrogens with zero attached hydrogens (tertiary/aromatic N) is 1. The van der Waals surface area contributed by atoms with Crippen molar-refractivity contribution in [2.24, 2.45) is 0 Å². The number of halogens is 3. The molecule has 3 aromatic rings. The van der Waals surface area contributed by atoms with Crippen LogP contribution in [-0.2, 0) is 16.0 Å². The molecule has 0 saturated carbocycles. The van der Waals surface area contributed by atoms with Crippen LogP contribution < -0.4 is 10.2 Å². The van der Waals surface area contributed by atoms with Gasteiger partial charge in [0.2, 0.25) is 0 Å². The number of benzene rings is 3. The number of nitrogens with one attached hydrogen (secondary N) is 1. The minimum atomic E-state index is -0.838. The summed E-state index contributed by atoms with van der Waals surface area (Å²) in [5.74, 6) is -1.49. The highest BCUT2D eigenvalue weighted by molar-refractivity contribution is 9.10. The molecule has 32 heavy (non-hydrogen) atoms. The predicted octanol–water partition coefficient (Wildman–Crippen LogP) is 6.12. The Bertz CT molecular complexity index is 1290. The maximum absolute atomic E-state index is 13.0. The zero-order valence-electron chi connectivity index (χ0n) is 16.4. The molecular weight excluding hydrogens is 560 g/mol. The highest BCUT2D eigenvalue weighted by Gasteiger charge is 2.37. The molecule has 0 atom stereocenters. The first kappa shape index (κ1) is 22.5. The van der Waals surface area contributed by atoms with Crippen LogP contribution in [0.15, 0.2) is 81.2 Å². The fourth-order valence-electron chi connectivity index (χ4n) is 3.32. The van der Waals surface area contributed by atoms with Crippen LogP contribution in [0, 0.1) is 0 Å². The van der Waals surface area contributed by atoms with Crippen LogP contribution in [0.2, 0.25) is 5.02 Å². The summed E-state index contributed by atoms with van der Waals surface area (Å²) in [6, 6.07) is 19.2. The van der Waals surface area contributed by atoms with Crippen molar-refractivity contribution >= 4 is 73.1 Å². The average molecular weight is 575 g/mol. The van der Waals surface area contributed by atoms with Gasteiger partial charge in [0, 0.05) is 8.95 Å². The highest BCUT2D eigenvalue weighted by Crippen LogP contribution is 2.30. The summed E-state index contributed by atoms with van der Waals surface area (Å²) in [6.45, 7) is 0. The number of hydrogen-bond donors (Lipinski definition) is 1. The van der Waals surface area contributed by atoms with E-state index in [1.807, 2.05) is 42.5 Å². The van der Waals surface area contributed by atoms with Gasteiger partial charge in [-0.1, -0.05) is 85.9 Å². The Morgan fingerprint density at radius 1 is 0.875 bits per heavy atom. The standard InChI is InChI=1S/C24H15Br2ClN2O3/c25-18-6-2-1-5-15(18)13-16-10-9-14(12-19(16)26)11-17-22(30)28-24(32)29(23(17)31)21-8-4-3-7-20(21)27/h1-12H,13H2,(H,28,30,32)/b17-11+. The number of para-hydroxylation sites is 1. The van der Waals surface area contributed by atoms with E-state index in [1.165, 1.54) is 6.08 Å². The van der Waals surface area contributed by atoms with Crippen LogP contribution in [0.3, 0.4) is 0 Å². The quantitative estimate of drug-likeness (QED) is 0.302. The van der Waals surface area contributed by atoms with Gasteiger partial charge in [-0.05, 0) is 53.5 Å². The van der Waals surface area contributed by atoms with E-state index in [0.717, 1.165) is 25.0 Å². The molecule has 1 aliphatic rings. The third-order valence-electron chi connectivity index (χ3n) is 4.92. The Labute approximate surface area is 206 Å². The number of imide groups is 2. The minimum absolute atomic E-state index is 0.157. The highest BCUT2D eigenvalue weighted by atomic mass is 79.9. The number of carbonyl (C=O) groups is 3. The van der Waals surface area contributed by atoms with Gasteiger partial charge in [-0.15, -0.1) is 0 Å². The van der Waals surface area contributed by atoms with E-state index < -0.39 is 17.8 Å². The fraction of sp³-hybridized carbons (Fsp3) is 0.0417. The molecule has 0 bridgehead atoms. The van der Waals surface area contributed by atoms with Gasteiger partial charge in [-0.25, -0.2) is 9.69 Å². The van der Waals surface area contributed by atoms with Crippen molar-refractivity contribution in [1.29, 1.82) is 0 Å². The van der Waals surface area contributed by atoms with E-state index in [9.17, 15) is 14.4 Å². The summed E-state index contributed by atoms with van der Waals surface area (Å²) in [5.41, 5.74) is 2.87. The maximum atomic E-state index is 13.0. The number of urea groups is 1. The van der Waals surface area contributed by atoms with Gasteiger partial charge < -0.3 is 0 Å². The zero-order chi connectivity index (χ0) is 22.8. The molecule has 0 aromatic heterocycles. The number of anilines is 1. The lowest BCUT2D eigenvalue weighted by molar-refractivity contribution is -0.122. The van der Waals surface area contributed by atoms with E-state index in [-0.39, 0.29) is 16.3 Å². The molecular formula is C24H15Br2ClN2O3. The Morgan fingerprint density at radius 2 is 1.56 bits per heavy atom. The second-order valence-corrected chi connectivity index (χ2v) is 9.14. The van der Waals surface area contributed by atoms with Crippen molar-refractivity contribution < 1.29 is 14.4 Å². The lowest BCUT2D eigenvalue weighted by Crippen LogP contribution is -2.54. The fourth-order valence-corrected chi connectivity index (χ4v) is 4.50. The first-order chi connectivity index (χ1) is 15.3. The van der Waals surface area contributed by atoms with Gasteiger partial charge in [0.15, 0.2) is 0 Å². The Morgan fingerprint density at radius 3 is 2.28 bits per heavy atom. The second-order valence-electron chi connectivity index (χ2n) is 7.03. The van der Waals surface area contributed by atoms with Gasteiger partial charge in [-0.3, -0.25) is 14.9 Å². The average Bonchev–Trinajstić information content (AvgIpc) is 2.75. The van der Waals surface area contributed by atoms with Crippen LogP contribution in [-0.4, -0.2) is 17.8 Å². The van der Waals surface area contributed by atoms with Crippen LogP contribution in [0.5, 0.6) is 0 Å². The van der Waals surface area contributed by atoms with Crippen LogP contribution in [0.25, 0.3) is 6.08 Å². The van der Waals surface area contributed by atoms with E-state index in [2.05, 4.69) is 37.2 Å². The topological polar surface area (TPSA) is 66.5 Å². The number of carbonyl (C=O) groups excluding carboxylic acids is 3. The molecule has 8 heteroatoms. The zero-order valence-corrected chi connectivity index (χ0v) is 20.4. The molecule has 0 spiro atoms. The van der Waals surface area contributed by atoms with E-state index in [4.69, 9.17) is 11.6 Å². The minimum Gasteiger partial charge on any atom is -0.273 e. The summed E-state index contributed by atoms with van der Waals surface area (Å²) in [5, 5.41) is 2.43. The molecule has 1 heterocycles. The first-order valence-electron chi connectivity index (χ1n) is 9.53. The maximum Gasteiger partial charge on any atom is 0.335 e. The molecule has 5 nitrogen and oxygen atoms in total. The summed E-state index contributed by atoms with van der Waals surface area (Å²) in [7, 11) is 0. The van der Waals surface area contributed by atoms with Crippen molar-refractivity contribution in [2.45, 2.75) is 6.42 Å². The van der Waals surface area contributed by atoms with Crippen molar-refractivity contribution in [3.05, 3.63) is 103 Å². The number of hydrogen-bond acceptors (Lipinski definition) is 3. The van der Waals surface area contributed by atoms with Crippen molar-refractivity contribution in [1.82, 2.24) is 5.32 Å². The van der Waals surface area contributed by atoms with E-state index in [0.29, 0.717) is 12.0 Å². The second kappa shape index (κ2) is 9.40. The number of rotatable bonds is 4. The smallest absolute Gasteiger partial charge is 0.273 e. The Balaban J connectivity index is 1.65. The Kier molecular flexibility index (Phi) is 6.60. The van der Waals surface area contributed by atoms with Crippen molar-refractivity contribution in [2.75, 3.05) is 4.90 Å². The third kappa shape index (κ3) is 4.55. The largest absolute Gasteiger partial charge is 0.335 e. The Hall–Kier alpha value is -2.74. The molecule has 3 aromatic carbocycles. The molecule has 0 aliphatic carbocycles. The summed E-state index contributed by atoms with van der Waals surface area (Å²) < 4.78 is 1.86. The van der Waals surface area contributed by atoms with Gasteiger partial charge in [0.05, 0.1) is 10.7 Å². The summed E-state index contributed by atoms with van der Waals surface area (Å²) in [6.07, 6.45) is 2.16. The summed E-state index contributed by atoms with van der Waals surface area (Å²) >= 11 is 13.3. The molecule has 4 rings (SSSR count). The van der Waals surface area contributed by atoms with E-state index >= 15 is 0 Å². The van der Waals surface area contributed by atoms with Gasteiger partial charge in [-0.2, -0.15) is 0 Å². The molecule has 1 aliphatic heterocycles. The molecule has 1 fully saturated rings. The van der Waals surface area contributed by atoms with Crippen LogP contribution in [0.1, 0.15) is 16.7 Å². The number of barbiturate groups is 1. The number of amides is 4. The molecule has 0 unspecified atom stereocenters.